The Balaban J connectivity index is 1.48. The highest BCUT2D eigenvalue weighted by Gasteiger charge is 2.25. The van der Waals surface area contributed by atoms with E-state index < -0.39 is 0 Å². The van der Waals surface area contributed by atoms with Gasteiger partial charge in [0.05, 0.1) is 11.7 Å². The summed E-state index contributed by atoms with van der Waals surface area (Å²) in [6, 6.07) is 11.9. The number of nitrogens with one attached hydrogen (secondary N) is 3. The molecule has 4 rings (SSSR count). The van der Waals surface area contributed by atoms with E-state index in [4.69, 9.17) is 5.73 Å². The lowest BCUT2D eigenvalue weighted by Gasteiger charge is -2.17. The van der Waals surface area contributed by atoms with Gasteiger partial charge in [0, 0.05) is 17.7 Å². The number of aromatic nitrogens is 3. The van der Waals surface area contributed by atoms with Crippen molar-refractivity contribution in [3.05, 3.63) is 59.5 Å². The number of hydrogen-bond donors (Lipinski definition) is 4. The van der Waals surface area contributed by atoms with E-state index in [1.54, 1.807) is 18.2 Å². The summed E-state index contributed by atoms with van der Waals surface area (Å²) in [6.45, 7) is 1.98. The van der Waals surface area contributed by atoms with Crippen LogP contribution in [0.3, 0.4) is 0 Å². The third kappa shape index (κ3) is 3.61. The van der Waals surface area contributed by atoms with Crippen molar-refractivity contribution in [1.82, 2.24) is 15.2 Å². The van der Waals surface area contributed by atoms with Crippen LogP contribution in [0, 0.1) is 5.82 Å². The van der Waals surface area contributed by atoms with Gasteiger partial charge in [-0.15, -0.1) is 0 Å². The largest absolute Gasteiger partial charge is 0.396 e. The number of hydrogen-bond acceptors (Lipinski definition) is 5. The van der Waals surface area contributed by atoms with Crippen LogP contribution in [0.15, 0.2) is 42.5 Å². The SMILES string of the molecule is CC(Nc1nc(Nc2cc(C3CC3)[nH]n2)ccc1N)c1ccc(F)cc1. The predicted molar refractivity (Wildman–Crippen MR) is 101 cm³/mol. The Bertz CT molecular complexity index is 901. The van der Waals surface area contributed by atoms with Crippen molar-refractivity contribution in [2.45, 2.75) is 31.7 Å². The van der Waals surface area contributed by atoms with Crippen molar-refractivity contribution in [1.29, 1.82) is 0 Å². The molecule has 134 valence electrons. The molecule has 0 radical (unpaired) electrons. The molecule has 2 aromatic heterocycles. The van der Waals surface area contributed by atoms with E-state index in [1.165, 1.54) is 25.0 Å². The van der Waals surface area contributed by atoms with Gasteiger partial charge in [0.2, 0.25) is 0 Å². The van der Waals surface area contributed by atoms with Crippen LogP contribution in [-0.2, 0) is 0 Å². The Morgan fingerprint density at radius 2 is 1.92 bits per heavy atom. The zero-order chi connectivity index (χ0) is 18.1. The summed E-state index contributed by atoms with van der Waals surface area (Å²) in [5.41, 5.74) is 8.71. The zero-order valence-corrected chi connectivity index (χ0v) is 14.5. The van der Waals surface area contributed by atoms with Gasteiger partial charge < -0.3 is 16.4 Å². The highest BCUT2D eigenvalue weighted by atomic mass is 19.1. The van der Waals surface area contributed by atoms with E-state index in [0.717, 1.165) is 17.1 Å². The number of anilines is 4. The molecule has 1 unspecified atom stereocenters. The van der Waals surface area contributed by atoms with E-state index in [0.29, 0.717) is 23.2 Å². The third-order valence-corrected chi connectivity index (χ3v) is 4.52. The number of nitrogen functional groups attached to an aromatic ring is 1. The minimum absolute atomic E-state index is 0.0625. The second-order valence-electron chi connectivity index (χ2n) is 6.66. The highest BCUT2D eigenvalue weighted by Crippen LogP contribution is 2.39. The fraction of sp³-hybridized carbons (Fsp3) is 0.263. The first kappa shape index (κ1) is 16.4. The van der Waals surface area contributed by atoms with Crippen LogP contribution < -0.4 is 16.4 Å². The quantitative estimate of drug-likeness (QED) is 0.530. The first-order valence-corrected chi connectivity index (χ1v) is 8.69. The standard InChI is InChI=1S/C19H21FN6/c1-11(12-4-6-14(20)7-5-12)22-19-15(21)8-9-17(24-19)23-18-10-16(25-26-18)13-2-3-13/h4-11,13H,2-3,21H2,1H3,(H3,22,23,24,25,26). The molecule has 7 heteroatoms. The summed E-state index contributed by atoms with van der Waals surface area (Å²) in [5, 5.41) is 13.8. The Kier molecular flexibility index (Phi) is 4.20. The van der Waals surface area contributed by atoms with Gasteiger partial charge in [0.25, 0.3) is 0 Å². The van der Waals surface area contributed by atoms with E-state index >= 15 is 0 Å². The fourth-order valence-electron chi connectivity index (χ4n) is 2.83. The molecule has 1 saturated carbocycles. The van der Waals surface area contributed by atoms with Gasteiger partial charge in [-0.1, -0.05) is 12.1 Å². The zero-order valence-electron chi connectivity index (χ0n) is 14.5. The van der Waals surface area contributed by atoms with Crippen LogP contribution in [0.4, 0.5) is 27.5 Å². The van der Waals surface area contributed by atoms with Crippen LogP contribution in [-0.4, -0.2) is 15.2 Å². The van der Waals surface area contributed by atoms with Gasteiger partial charge in [0.15, 0.2) is 11.6 Å². The lowest BCUT2D eigenvalue weighted by Crippen LogP contribution is -2.10. The second kappa shape index (κ2) is 6.67. The number of nitrogens with zero attached hydrogens (tertiary/aromatic N) is 2. The topological polar surface area (TPSA) is 91.6 Å². The molecule has 0 spiro atoms. The molecule has 1 aliphatic carbocycles. The summed E-state index contributed by atoms with van der Waals surface area (Å²) in [7, 11) is 0. The Labute approximate surface area is 151 Å². The monoisotopic (exact) mass is 352 g/mol. The summed E-state index contributed by atoms with van der Waals surface area (Å²) >= 11 is 0. The van der Waals surface area contributed by atoms with E-state index in [-0.39, 0.29) is 11.9 Å². The Morgan fingerprint density at radius 3 is 2.65 bits per heavy atom. The van der Waals surface area contributed by atoms with Crippen molar-refractivity contribution in [2.24, 2.45) is 0 Å². The molecule has 2 heterocycles. The van der Waals surface area contributed by atoms with Crippen LogP contribution >= 0.6 is 0 Å². The number of H-pyrrole nitrogens is 1. The van der Waals surface area contributed by atoms with Crippen molar-refractivity contribution < 1.29 is 4.39 Å². The maximum Gasteiger partial charge on any atom is 0.153 e. The minimum atomic E-state index is -0.255. The number of pyridine rings is 1. The van der Waals surface area contributed by atoms with E-state index in [9.17, 15) is 4.39 Å². The molecular weight excluding hydrogens is 331 g/mol. The highest BCUT2D eigenvalue weighted by molar-refractivity contribution is 5.67. The lowest BCUT2D eigenvalue weighted by atomic mass is 10.1. The molecule has 0 aliphatic heterocycles. The van der Waals surface area contributed by atoms with Crippen LogP contribution in [0.2, 0.25) is 0 Å². The molecule has 1 fully saturated rings. The maximum atomic E-state index is 13.1. The van der Waals surface area contributed by atoms with Gasteiger partial charge in [0.1, 0.15) is 11.6 Å². The van der Waals surface area contributed by atoms with Gasteiger partial charge in [-0.05, 0) is 49.6 Å². The van der Waals surface area contributed by atoms with Crippen molar-refractivity contribution in [3.8, 4) is 0 Å². The van der Waals surface area contributed by atoms with Crippen LogP contribution in [0.1, 0.15) is 43.0 Å². The molecule has 0 saturated heterocycles. The smallest absolute Gasteiger partial charge is 0.153 e. The van der Waals surface area contributed by atoms with Crippen LogP contribution in [0.25, 0.3) is 0 Å². The lowest BCUT2D eigenvalue weighted by molar-refractivity contribution is 0.626. The summed E-state index contributed by atoms with van der Waals surface area (Å²) in [5.74, 6) is 2.33. The summed E-state index contributed by atoms with van der Waals surface area (Å²) in [6.07, 6.45) is 2.44. The number of aromatic amines is 1. The minimum Gasteiger partial charge on any atom is -0.396 e. The normalized spacial score (nSPS) is 14.8. The van der Waals surface area contributed by atoms with Crippen LogP contribution in [0.5, 0.6) is 0 Å². The molecule has 1 aliphatic rings. The first-order chi connectivity index (χ1) is 12.6. The fourth-order valence-corrected chi connectivity index (χ4v) is 2.83. The number of nitrogens with two attached hydrogens (primary N) is 1. The molecule has 5 N–H and O–H groups in total. The number of rotatable bonds is 6. The van der Waals surface area contributed by atoms with Gasteiger partial charge in [-0.3, -0.25) is 5.10 Å². The predicted octanol–water partition coefficient (Wildman–Crippen LogP) is 4.32. The molecule has 3 aromatic rings. The average molecular weight is 352 g/mol. The summed E-state index contributed by atoms with van der Waals surface area (Å²) < 4.78 is 13.1. The van der Waals surface area contributed by atoms with Gasteiger partial charge in [-0.2, -0.15) is 5.10 Å². The third-order valence-electron chi connectivity index (χ3n) is 4.52. The maximum absolute atomic E-state index is 13.1. The molecular formula is C19H21FN6. The summed E-state index contributed by atoms with van der Waals surface area (Å²) in [4.78, 5) is 4.55. The average Bonchev–Trinajstić information content (AvgIpc) is 3.38. The second-order valence-corrected chi connectivity index (χ2v) is 6.66. The number of halogens is 1. The van der Waals surface area contributed by atoms with Gasteiger partial charge >= 0.3 is 0 Å². The Hall–Kier alpha value is -3.09. The van der Waals surface area contributed by atoms with Crippen molar-refractivity contribution in [3.63, 3.8) is 0 Å². The molecule has 1 atom stereocenters. The van der Waals surface area contributed by atoms with Gasteiger partial charge in [-0.25, -0.2) is 9.37 Å². The molecule has 26 heavy (non-hydrogen) atoms. The molecule has 0 amide bonds. The molecule has 6 nitrogen and oxygen atoms in total. The van der Waals surface area contributed by atoms with Crippen molar-refractivity contribution >= 4 is 23.1 Å². The van der Waals surface area contributed by atoms with Crippen molar-refractivity contribution in [2.75, 3.05) is 16.4 Å². The molecule has 1 aromatic carbocycles. The first-order valence-electron chi connectivity index (χ1n) is 8.69. The Morgan fingerprint density at radius 1 is 1.15 bits per heavy atom. The van der Waals surface area contributed by atoms with E-state index in [2.05, 4.69) is 25.8 Å². The molecule has 0 bridgehead atoms. The van der Waals surface area contributed by atoms with E-state index in [1.807, 2.05) is 19.1 Å². The number of benzene rings is 1.